The first kappa shape index (κ1) is 30.8. The Morgan fingerprint density at radius 2 is 0.595 bits per heavy atom. The molecule has 0 heterocycles. The van der Waals surface area contributed by atoms with Crippen LogP contribution in [0, 0.1) is 87.3 Å². The maximum atomic E-state index is 15.3. The average molecular weight is 619 g/mol. The predicted molar refractivity (Wildman–Crippen MR) is 115 cm³/mol. The van der Waals surface area contributed by atoms with Gasteiger partial charge in [-0.2, -0.15) is 0 Å². The van der Waals surface area contributed by atoms with Gasteiger partial charge in [0, 0.05) is 5.56 Å². The first-order valence-electron chi connectivity index (χ1n) is 11.2. The molecule has 0 radical (unpaired) electrons. The van der Waals surface area contributed by atoms with E-state index in [1.54, 1.807) is 0 Å². The van der Waals surface area contributed by atoms with Crippen molar-refractivity contribution >= 4 is 22.7 Å². The highest BCUT2D eigenvalue weighted by molar-refractivity contribution is 7.05. The number of hydrogen-bond donors (Lipinski definition) is 1. The average Bonchev–Trinajstić information content (AvgIpc) is 2.98. The largest absolute Gasteiger partial charge is 0.521 e. The van der Waals surface area contributed by atoms with Gasteiger partial charge in [-0.1, -0.05) is 46.7 Å². The Kier molecular flexibility index (Phi) is 8.01. The monoisotopic (exact) mass is 619 g/mol. The molecule has 0 aliphatic heterocycles. The Morgan fingerprint density at radius 1 is 0.357 bits per heavy atom. The summed E-state index contributed by atoms with van der Waals surface area (Å²) in [6.45, 7) is -1.10. The quantitative estimate of drug-likeness (QED) is 0.142. The fourth-order valence-corrected chi connectivity index (χ4v) is 4.78. The number of hydrogen-bond acceptors (Lipinski definition) is 0. The van der Waals surface area contributed by atoms with Crippen LogP contribution in [0.1, 0.15) is 5.56 Å². The number of nitrogens with two attached hydrogens (primary N) is 1. The molecule has 222 valence electrons. The second-order valence-electron chi connectivity index (χ2n) is 8.81. The van der Waals surface area contributed by atoms with Crippen molar-refractivity contribution in [3.63, 3.8) is 0 Å². The lowest BCUT2D eigenvalue weighted by molar-refractivity contribution is -0.542. The van der Waals surface area contributed by atoms with Crippen molar-refractivity contribution in [2.24, 2.45) is 0 Å². The molecule has 4 rings (SSSR count). The van der Waals surface area contributed by atoms with E-state index < -0.39 is 116 Å². The van der Waals surface area contributed by atoms with E-state index in [-0.39, 0.29) is 10.8 Å². The molecular formula is C25H9BF15N. The minimum Gasteiger partial charge on any atom is -0.521 e. The smallest absolute Gasteiger partial charge is 0.305 e. The third-order valence-electron chi connectivity index (χ3n) is 6.65. The van der Waals surface area contributed by atoms with E-state index >= 15 is 26.3 Å². The first-order chi connectivity index (χ1) is 19.6. The summed E-state index contributed by atoms with van der Waals surface area (Å²) in [6.07, 6.45) is -5.67. The highest BCUT2D eigenvalue weighted by Gasteiger charge is 2.53. The SMILES string of the molecule is Fc1c(F)c(F)c([B-]([NH2+]Cc2ccccc2)(c2c(F)c(F)c(F)c(F)c2F)c2c(F)c(F)c(F)c(F)c2F)c(F)c1F. The van der Waals surface area contributed by atoms with E-state index in [9.17, 15) is 39.5 Å². The summed E-state index contributed by atoms with van der Waals surface area (Å²) in [5.41, 5.74) is -8.13. The van der Waals surface area contributed by atoms with E-state index in [0.717, 1.165) is 12.1 Å². The summed E-state index contributed by atoms with van der Waals surface area (Å²) < 4.78 is 220. The standard InChI is InChI=1S/C25H9BF15N/c27-11-8(12(28)18(34)23(39)17(11)33)26(42-6-7-4-2-1-3-5-7,9-13(29)19(35)24(40)20(36)14(9)30)10-15(31)21(37)25(41)22(38)16(10)32/h1-5H,6,42H2. The summed E-state index contributed by atoms with van der Waals surface area (Å²) >= 11 is 0. The molecule has 0 saturated heterocycles. The molecule has 0 saturated carbocycles. The van der Waals surface area contributed by atoms with E-state index in [0.29, 0.717) is 0 Å². The topological polar surface area (TPSA) is 16.6 Å². The summed E-state index contributed by atoms with van der Waals surface area (Å²) in [5, 5.41) is -0.0514. The van der Waals surface area contributed by atoms with Crippen LogP contribution in [0.2, 0.25) is 0 Å². The van der Waals surface area contributed by atoms with Crippen LogP contribution >= 0.6 is 0 Å². The maximum absolute atomic E-state index is 15.3. The van der Waals surface area contributed by atoms with Crippen LogP contribution in [-0.2, 0) is 6.54 Å². The molecule has 0 aliphatic rings. The van der Waals surface area contributed by atoms with Gasteiger partial charge in [0.15, 0.2) is 52.4 Å². The van der Waals surface area contributed by atoms with Gasteiger partial charge in [0.25, 0.3) is 0 Å². The molecular weight excluding hydrogens is 610 g/mol. The van der Waals surface area contributed by atoms with Crippen molar-refractivity contribution in [3.05, 3.63) is 123 Å². The molecule has 0 aromatic heterocycles. The molecule has 4 aromatic carbocycles. The molecule has 4 aromatic rings. The lowest BCUT2D eigenvalue weighted by Gasteiger charge is -2.40. The minimum atomic E-state index is -5.67. The third-order valence-corrected chi connectivity index (χ3v) is 6.65. The molecule has 2 N–H and O–H groups in total. The van der Waals surface area contributed by atoms with Gasteiger partial charge in [-0.05, 0) is 0 Å². The van der Waals surface area contributed by atoms with Crippen LogP contribution in [-0.4, -0.2) is 6.28 Å². The minimum absolute atomic E-state index is 0.0514. The van der Waals surface area contributed by atoms with Crippen LogP contribution < -0.4 is 21.6 Å². The highest BCUT2D eigenvalue weighted by Crippen LogP contribution is 2.25. The fraction of sp³-hybridized carbons (Fsp3) is 0.0400. The first-order valence-corrected chi connectivity index (χ1v) is 11.2. The molecule has 1 nitrogen and oxygen atoms in total. The molecule has 0 amide bonds. The third kappa shape index (κ3) is 4.37. The molecule has 0 bridgehead atoms. The van der Waals surface area contributed by atoms with Crippen LogP contribution in [0.3, 0.4) is 0 Å². The number of halogens is 15. The Hall–Kier alpha value is -4.15. The molecule has 0 atom stereocenters. The van der Waals surface area contributed by atoms with Crippen molar-refractivity contribution in [1.29, 1.82) is 0 Å². The second-order valence-corrected chi connectivity index (χ2v) is 8.81. The van der Waals surface area contributed by atoms with Gasteiger partial charge in [0.2, 0.25) is 0 Å². The van der Waals surface area contributed by atoms with Crippen LogP contribution in [0.15, 0.2) is 30.3 Å². The summed E-state index contributed by atoms with van der Waals surface area (Å²) in [4.78, 5) is 0. The van der Waals surface area contributed by atoms with Gasteiger partial charge in [0.05, 0.1) is 6.54 Å². The zero-order valence-electron chi connectivity index (χ0n) is 19.9. The fourth-order valence-electron chi connectivity index (χ4n) is 4.78. The Bertz CT molecular complexity index is 1490. The molecule has 17 heteroatoms. The Labute approximate surface area is 224 Å². The molecule has 0 aliphatic carbocycles. The van der Waals surface area contributed by atoms with Crippen molar-refractivity contribution in [1.82, 2.24) is 0 Å². The van der Waals surface area contributed by atoms with Gasteiger partial charge in [0.1, 0.15) is 34.9 Å². The van der Waals surface area contributed by atoms with Crippen molar-refractivity contribution < 1.29 is 71.1 Å². The summed E-state index contributed by atoms with van der Waals surface area (Å²) in [7, 11) is 0. The van der Waals surface area contributed by atoms with E-state index in [2.05, 4.69) is 0 Å². The number of quaternary nitrogens is 1. The second kappa shape index (κ2) is 10.9. The van der Waals surface area contributed by atoms with E-state index in [4.69, 9.17) is 0 Å². The molecule has 0 spiro atoms. The van der Waals surface area contributed by atoms with Crippen LogP contribution in [0.25, 0.3) is 0 Å². The zero-order valence-corrected chi connectivity index (χ0v) is 19.9. The molecule has 42 heavy (non-hydrogen) atoms. The van der Waals surface area contributed by atoms with Crippen LogP contribution in [0.4, 0.5) is 65.9 Å². The molecule has 0 unspecified atom stereocenters. The lowest BCUT2D eigenvalue weighted by atomic mass is 9.23. The zero-order chi connectivity index (χ0) is 31.4. The summed E-state index contributed by atoms with van der Waals surface area (Å²) in [5.74, 6) is -45.3. The van der Waals surface area contributed by atoms with E-state index in [1.165, 1.54) is 18.2 Å². The predicted octanol–water partition coefficient (Wildman–Crippen LogP) is 4.50. The van der Waals surface area contributed by atoms with Gasteiger partial charge < -0.3 is 5.23 Å². The maximum Gasteiger partial charge on any atom is 0.305 e. The van der Waals surface area contributed by atoms with Gasteiger partial charge >= 0.3 is 6.28 Å². The Balaban J connectivity index is 2.39. The molecule has 0 fully saturated rings. The normalized spacial score (nSPS) is 11.9. The van der Waals surface area contributed by atoms with Crippen molar-refractivity contribution in [2.45, 2.75) is 6.54 Å². The van der Waals surface area contributed by atoms with E-state index in [1.807, 2.05) is 0 Å². The van der Waals surface area contributed by atoms with Crippen molar-refractivity contribution in [2.75, 3.05) is 0 Å². The number of rotatable bonds is 6. The van der Waals surface area contributed by atoms with Crippen molar-refractivity contribution in [3.8, 4) is 0 Å². The van der Waals surface area contributed by atoms with Gasteiger partial charge in [-0.3, -0.25) is 0 Å². The summed E-state index contributed by atoms with van der Waals surface area (Å²) in [6, 6.07) is 6.01. The van der Waals surface area contributed by atoms with Crippen LogP contribution in [0.5, 0.6) is 0 Å². The van der Waals surface area contributed by atoms with Gasteiger partial charge in [-0.15, -0.1) is 0 Å². The van der Waals surface area contributed by atoms with Gasteiger partial charge in [-0.25, -0.2) is 65.9 Å². The Morgan fingerprint density at radius 3 is 0.857 bits per heavy atom. The lowest BCUT2D eigenvalue weighted by Crippen LogP contribution is -3.11. The highest BCUT2D eigenvalue weighted by atomic mass is 19.2. The number of benzene rings is 4.